The Bertz CT molecular complexity index is 477. The van der Waals surface area contributed by atoms with Crippen LogP contribution >= 0.6 is 0 Å². The van der Waals surface area contributed by atoms with Crippen LogP contribution in [-0.2, 0) is 5.92 Å². The molecule has 0 amide bonds. The Hall–Kier alpha value is -1.90. The van der Waals surface area contributed by atoms with Crippen molar-refractivity contribution in [3.63, 3.8) is 0 Å². The molecule has 0 bridgehead atoms. The van der Waals surface area contributed by atoms with E-state index < -0.39 is 5.92 Å². The Morgan fingerprint density at radius 3 is 1.88 bits per heavy atom. The van der Waals surface area contributed by atoms with Crippen molar-refractivity contribution in [1.82, 2.24) is 0 Å². The van der Waals surface area contributed by atoms with Crippen molar-refractivity contribution in [2.24, 2.45) is 0 Å². The highest BCUT2D eigenvalue weighted by molar-refractivity contribution is 5.36. The Morgan fingerprint density at radius 2 is 1.35 bits per heavy atom. The zero-order valence-electron chi connectivity index (χ0n) is 9.36. The molecule has 0 N–H and O–H groups in total. The second-order valence-electron chi connectivity index (χ2n) is 3.67. The maximum Gasteiger partial charge on any atom is 0.298 e. The lowest BCUT2D eigenvalue weighted by molar-refractivity contribution is 0.0428. The molecule has 17 heavy (non-hydrogen) atoms. The van der Waals surface area contributed by atoms with Gasteiger partial charge in [0, 0.05) is 11.1 Å². The lowest BCUT2D eigenvalue weighted by Gasteiger charge is -2.17. The van der Waals surface area contributed by atoms with Crippen molar-refractivity contribution < 1.29 is 13.5 Å². The van der Waals surface area contributed by atoms with Gasteiger partial charge in [0.25, 0.3) is 5.92 Å². The average Bonchev–Trinajstić information content (AvgIpc) is 2.40. The van der Waals surface area contributed by atoms with Crippen LogP contribution in [0.15, 0.2) is 54.6 Å². The van der Waals surface area contributed by atoms with Gasteiger partial charge in [-0.15, -0.1) is 0 Å². The van der Waals surface area contributed by atoms with Gasteiger partial charge >= 0.3 is 0 Å². The van der Waals surface area contributed by atoms with Crippen LogP contribution in [0, 0.1) is 0 Å². The zero-order valence-corrected chi connectivity index (χ0v) is 9.36. The Balaban J connectivity index is 2.37. The first-order valence-corrected chi connectivity index (χ1v) is 5.22. The number of halogens is 2. The van der Waals surface area contributed by atoms with Crippen molar-refractivity contribution in [2.45, 2.75) is 5.92 Å². The third kappa shape index (κ3) is 2.28. The molecule has 0 aliphatic carbocycles. The molecular formula is C14H12F2O. The van der Waals surface area contributed by atoms with E-state index in [1.54, 1.807) is 18.2 Å². The lowest BCUT2D eigenvalue weighted by Crippen LogP contribution is -2.14. The molecule has 0 unspecified atom stereocenters. The molecule has 2 aromatic rings. The summed E-state index contributed by atoms with van der Waals surface area (Å²) in [5.41, 5.74) is -0.0466. The molecule has 1 nitrogen and oxygen atoms in total. The predicted molar refractivity (Wildman–Crippen MR) is 62.4 cm³/mol. The minimum absolute atomic E-state index is 0.00910. The highest BCUT2D eigenvalue weighted by Gasteiger charge is 2.33. The molecule has 0 heterocycles. The van der Waals surface area contributed by atoms with Crippen LogP contribution in [0.2, 0.25) is 0 Å². The van der Waals surface area contributed by atoms with Gasteiger partial charge in [0.05, 0.1) is 7.11 Å². The summed E-state index contributed by atoms with van der Waals surface area (Å²) in [6, 6.07) is 13.6. The van der Waals surface area contributed by atoms with E-state index in [1.807, 2.05) is 0 Å². The fourth-order valence-corrected chi connectivity index (χ4v) is 1.61. The van der Waals surface area contributed by atoms with Crippen LogP contribution in [0.3, 0.4) is 0 Å². The number of hydrogen-bond acceptors (Lipinski definition) is 1. The second kappa shape index (κ2) is 4.53. The fourth-order valence-electron chi connectivity index (χ4n) is 1.61. The van der Waals surface area contributed by atoms with E-state index in [0.717, 1.165) is 0 Å². The van der Waals surface area contributed by atoms with Crippen LogP contribution in [0.5, 0.6) is 5.75 Å². The molecule has 0 spiro atoms. The number of alkyl halides is 2. The molecule has 0 aliphatic heterocycles. The Labute approximate surface area is 98.7 Å². The van der Waals surface area contributed by atoms with E-state index in [9.17, 15) is 8.78 Å². The van der Waals surface area contributed by atoms with Crippen molar-refractivity contribution in [2.75, 3.05) is 7.11 Å². The number of benzene rings is 2. The van der Waals surface area contributed by atoms with Crippen LogP contribution < -0.4 is 4.74 Å². The van der Waals surface area contributed by atoms with E-state index >= 15 is 0 Å². The average molecular weight is 234 g/mol. The van der Waals surface area contributed by atoms with Crippen LogP contribution in [0.25, 0.3) is 0 Å². The molecule has 0 saturated heterocycles. The number of rotatable bonds is 3. The highest BCUT2D eigenvalue weighted by atomic mass is 19.3. The predicted octanol–water partition coefficient (Wildman–Crippen LogP) is 3.84. The van der Waals surface area contributed by atoms with Gasteiger partial charge < -0.3 is 4.74 Å². The first-order chi connectivity index (χ1) is 8.14. The van der Waals surface area contributed by atoms with Gasteiger partial charge in [0.15, 0.2) is 0 Å². The summed E-state index contributed by atoms with van der Waals surface area (Å²) < 4.78 is 33.1. The SMILES string of the molecule is COc1ccc(C(F)(F)c2ccccc2)cc1. The van der Waals surface area contributed by atoms with Gasteiger partial charge in [-0.2, -0.15) is 8.78 Å². The molecule has 0 radical (unpaired) electrons. The summed E-state index contributed by atoms with van der Waals surface area (Å²) in [7, 11) is 1.50. The normalized spacial score (nSPS) is 11.2. The summed E-state index contributed by atoms with van der Waals surface area (Å²) in [5, 5.41) is 0. The summed E-state index contributed by atoms with van der Waals surface area (Å²) >= 11 is 0. The van der Waals surface area contributed by atoms with Crippen molar-refractivity contribution in [3.8, 4) is 5.75 Å². The summed E-state index contributed by atoms with van der Waals surface area (Å²) in [4.78, 5) is 0. The standard InChI is InChI=1S/C14H12F2O/c1-17-13-9-7-12(8-10-13)14(15,16)11-5-3-2-4-6-11/h2-10H,1H3. The van der Waals surface area contributed by atoms with Crippen molar-refractivity contribution in [1.29, 1.82) is 0 Å². The van der Waals surface area contributed by atoms with Crippen LogP contribution in [-0.4, -0.2) is 7.11 Å². The maximum absolute atomic E-state index is 14.1. The quantitative estimate of drug-likeness (QED) is 0.784. The van der Waals surface area contributed by atoms with Gasteiger partial charge in [-0.05, 0) is 24.3 Å². The molecule has 2 rings (SSSR count). The maximum atomic E-state index is 14.1. The molecule has 0 saturated carbocycles. The van der Waals surface area contributed by atoms with E-state index in [-0.39, 0.29) is 11.1 Å². The second-order valence-corrected chi connectivity index (χ2v) is 3.67. The van der Waals surface area contributed by atoms with Gasteiger partial charge in [-0.1, -0.05) is 30.3 Å². The molecule has 0 fully saturated rings. The summed E-state index contributed by atoms with van der Waals surface area (Å²) in [5.74, 6) is -2.41. The molecule has 88 valence electrons. The molecular weight excluding hydrogens is 222 g/mol. The smallest absolute Gasteiger partial charge is 0.298 e. The van der Waals surface area contributed by atoms with Crippen molar-refractivity contribution >= 4 is 0 Å². The molecule has 3 heteroatoms. The Kier molecular flexibility index (Phi) is 3.09. The lowest BCUT2D eigenvalue weighted by atomic mass is 10.0. The minimum atomic E-state index is -2.98. The summed E-state index contributed by atoms with van der Waals surface area (Å²) in [6.45, 7) is 0. The molecule has 0 aliphatic rings. The third-order valence-corrected chi connectivity index (χ3v) is 2.59. The number of methoxy groups -OCH3 is 1. The fraction of sp³-hybridized carbons (Fsp3) is 0.143. The van der Waals surface area contributed by atoms with E-state index in [1.165, 1.54) is 43.5 Å². The third-order valence-electron chi connectivity index (χ3n) is 2.59. The monoisotopic (exact) mass is 234 g/mol. The van der Waals surface area contributed by atoms with Gasteiger partial charge in [0.1, 0.15) is 5.75 Å². The van der Waals surface area contributed by atoms with Crippen molar-refractivity contribution in [3.05, 3.63) is 65.7 Å². The van der Waals surface area contributed by atoms with Gasteiger partial charge in [0.2, 0.25) is 0 Å². The largest absolute Gasteiger partial charge is 0.497 e. The van der Waals surface area contributed by atoms with Crippen LogP contribution in [0.1, 0.15) is 11.1 Å². The van der Waals surface area contributed by atoms with Gasteiger partial charge in [-0.3, -0.25) is 0 Å². The molecule has 2 aromatic carbocycles. The molecule has 0 aromatic heterocycles. The topological polar surface area (TPSA) is 9.23 Å². The van der Waals surface area contributed by atoms with E-state index in [0.29, 0.717) is 5.75 Å². The van der Waals surface area contributed by atoms with E-state index in [4.69, 9.17) is 4.74 Å². The summed E-state index contributed by atoms with van der Waals surface area (Å²) in [6.07, 6.45) is 0. The van der Waals surface area contributed by atoms with Crippen LogP contribution in [0.4, 0.5) is 8.78 Å². The number of ether oxygens (including phenoxy) is 1. The van der Waals surface area contributed by atoms with Gasteiger partial charge in [-0.25, -0.2) is 0 Å². The zero-order chi connectivity index (χ0) is 12.3. The number of hydrogen-bond donors (Lipinski definition) is 0. The first kappa shape index (κ1) is 11.6. The molecule has 0 atom stereocenters. The highest BCUT2D eigenvalue weighted by Crippen LogP contribution is 2.35. The van der Waals surface area contributed by atoms with E-state index in [2.05, 4.69) is 0 Å². The Morgan fingerprint density at radius 1 is 0.824 bits per heavy atom. The first-order valence-electron chi connectivity index (χ1n) is 5.22. The minimum Gasteiger partial charge on any atom is -0.497 e.